The minimum Gasteiger partial charge on any atom is -0.442 e. The van der Waals surface area contributed by atoms with Gasteiger partial charge in [0.05, 0.1) is 0 Å². The van der Waals surface area contributed by atoms with E-state index in [9.17, 15) is 0 Å². The van der Waals surface area contributed by atoms with E-state index in [0.29, 0.717) is 11.5 Å². The van der Waals surface area contributed by atoms with Crippen molar-refractivity contribution >= 4 is 11.8 Å². The van der Waals surface area contributed by atoms with E-state index in [2.05, 4.69) is 0 Å². The third-order valence-electron chi connectivity index (χ3n) is 3.06. The Labute approximate surface area is 124 Å². The largest absolute Gasteiger partial charge is 0.442 e. The second-order valence-electron chi connectivity index (χ2n) is 5.11. The second kappa shape index (κ2) is 6.22. The molecular formula is C17H18N2O2. The average Bonchev–Trinajstić information content (AvgIpc) is 2.49. The third-order valence-corrected chi connectivity index (χ3v) is 3.06. The molecule has 0 saturated carbocycles. The van der Waals surface area contributed by atoms with Crippen LogP contribution < -0.4 is 9.47 Å². The van der Waals surface area contributed by atoms with Crippen LogP contribution in [0.5, 0.6) is 11.5 Å². The third kappa shape index (κ3) is 3.69. The molecule has 0 heterocycles. The first-order valence-corrected chi connectivity index (χ1v) is 6.64. The maximum atomic E-state index is 8.08. The van der Waals surface area contributed by atoms with E-state index in [4.69, 9.17) is 20.3 Å². The quantitative estimate of drug-likeness (QED) is 0.654. The monoisotopic (exact) mass is 282 g/mol. The first kappa shape index (κ1) is 14.8. The molecule has 21 heavy (non-hydrogen) atoms. The molecule has 0 unspecified atom stereocenters. The Morgan fingerprint density at radius 1 is 0.714 bits per heavy atom. The fourth-order valence-electron chi connectivity index (χ4n) is 1.57. The molecule has 2 N–H and O–H groups in total. The molecule has 0 spiro atoms. The van der Waals surface area contributed by atoms with E-state index in [1.54, 1.807) is 38.1 Å². The maximum absolute atomic E-state index is 8.08. The standard InChI is InChI=1S/C17H18N2O2/c1-17(2,15(18)20-13-9-5-3-6-10-13)16(19)21-14-11-7-4-8-12-14/h3-12,18-19H,1-2H3. The predicted octanol–water partition coefficient (Wildman–Crippen LogP) is 4.13. The Kier molecular flexibility index (Phi) is 4.38. The SMILES string of the molecule is CC(C)(C(=N)Oc1ccccc1)C(=N)Oc1ccccc1. The van der Waals surface area contributed by atoms with Gasteiger partial charge in [0.1, 0.15) is 16.9 Å². The minimum absolute atomic E-state index is 0.0327. The summed E-state index contributed by atoms with van der Waals surface area (Å²) in [7, 11) is 0. The van der Waals surface area contributed by atoms with Crippen LogP contribution in [-0.2, 0) is 0 Å². The highest BCUT2D eigenvalue weighted by Gasteiger charge is 2.34. The van der Waals surface area contributed by atoms with Crippen LogP contribution in [0.15, 0.2) is 60.7 Å². The minimum atomic E-state index is -0.953. The van der Waals surface area contributed by atoms with Gasteiger partial charge < -0.3 is 9.47 Å². The van der Waals surface area contributed by atoms with Gasteiger partial charge in [-0.25, -0.2) is 0 Å². The Morgan fingerprint density at radius 2 is 1.05 bits per heavy atom. The Hall–Kier alpha value is -2.62. The van der Waals surface area contributed by atoms with Crippen LogP contribution >= 0.6 is 0 Å². The van der Waals surface area contributed by atoms with Crippen molar-refractivity contribution in [3.8, 4) is 11.5 Å². The van der Waals surface area contributed by atoms with Gasteiger partial charge in [-0.15, -0.1) is 0 Å². The number of benzene rings is 2. The molecule has 108 valence electrons. The number of hydrogen-bond donors (Lipinski definition) is 2. The van der Waals surface area contributed by atoms with Gasteiger partial charge in [-0.2, -0.15) is 0 Å². The van der Waals surface area contributed by atoms with E-state index in [0.717, 1.165) is 0 Å². The molecule has 0 aliphatic heterocycles. The molecule has 4 nitrogen and oxygen atoms in total. The van der Waals surface area contributed by atoms with Gasteiger partial charge in [-0.1, -0.05) is 36.4 Å². The van der Waals surface area contributed by atoms with Crippen molar-refractivity contribution in [3.05, 3.63) is 60.7 Å². The van der Waals surface area contributed by atoms with Crippen LogP contribution in [0.3, 0.4) is 0 Å². The summed E-state index contributed by atoms with van der Waals surface area (Å²) in [6.07, 6.45) is 0. The zero-order valence-corrected chi connectivity index (χ0v) is 12.1. The maximum Gasteiger partial charge on any atom is 0.202 e. The molecule has 0 atom stereocenters. The molecule has 0 saturated heterocycles. The first-order valence-electron chi connectivity index (χ1n) is 6.64. The van der Waals surface area contributed by atoms with E-state index in [1.165, 1.54) is 0 Å². The average molecular weight is 282 g/mol. The molecule has 0 aliphatic rings. The molecule has 0 aliphatic carbocycles. The molecule has 2 aromatic rings. The summed E-state index contributed by atoms with van der Waals surface area (Å²) >= 11 is 0. The number of rotatable bonds is 4. The van der Waals surface area contributed by atoms with Crippen LogP contribution in [0.1, 0.15) is 13.8 Å². The van der Waals surface area contributed by atoms with Gasteiger partial charge >= 0.3 is 0 Å². The van der Waals surface area contributed by atoms with Crippen LogP contribution in [0.2, 0.25) is 0 Å². The highest BCUT2D eigenvalue weighted by Crippen LogP contribution is 2.24. The predicted molar refractivity (Wildman–Crippen MR) is 83.4 cm³/mol. The Balaban J connectivity index is 2.06. The molecular weight excluding hydrogens is 264 g/mol. The molecule has 0 bridgehead atoms. The molecule has 2 rings (SSSR count). The highest BCUT2D eigenvalue weighted by molar-refractivity contribution is 6.03. The van der Waals surface area contributed by atoms with Gasteiger partial charge in [-0.05, 0) is 38.1 Å². The number of para-hydroxylation sites is 2. The van der Waals surface area contributed by atoms with Crippen molar-refractivity contribution < 1.29 is 9.47 Å². The van der Waals surface area contributed by atoms with Crippen molar-refractivity contribution in [2.75, 3.05) is 0 Å². The summed E-state index contributed by atoms with van der Waals surface area (Å²) in [6.45, 7) is 3.45. The zero-order chi connectivity index (χ0) is 15.3. The summed E-state index contributed by atoms with van der Waals surface area (Å²) in [5, 5.41) is 16.2. The lowest BCUT2D eigenvalue weighted by Gasteiger charge is -2.25. The smallest absolute Gasteiger partial charge is 0.202 e. The van der Waals surface area contributed by atoms with Crippen LogP contribution in [0.4, 0.5) is 0 Å². The molecule has 2 aromatic carbocycles. The van der Waals surface area contributed by atoms with E-state index in [-0.39, 0.29) is 11.8 Å². The topological polar surface area (TPSA) is 66.2 Å². The van der Waals surface area contributed by atoms with Gasteiger partial charge in [0.25, 0.3) is 0 Å². The first-order chi connectivity index (χ1) is 10.00. The lowest BCUT2D eigenvalue weighted by molar-refractivity contribution is 0.415. The summed E-state index contributed by atoms with van der Waals surface area (Å²) < 4.78 is 11.0. The highest BCUT2D eigenvalue weighted by atomic mass is 16.5. The Morgan fingerprint density at radius 3 is 1.38 bits per heavy atom. The summed E-state index contributed by atoms with van der Waals surface area (Å²) in [4.78, 5) is 0. The number of hydrogen-bond acceptors (Lipinski definition) is 4. The molecule has 0 fully saturated rings. The summed E-state index contributed by atoms with van der Waals surface area (Å²) in [5.41, 5.74) is -0.953. The van der Waals surface area contributed by atoms with Crippen molar-refractivity contribution in [1.29, 1.82) is 10.8 Å². The lowest BCUT2D eigenvalue weighted by atomic mass is 9.93. The van der Waals surface area contributed by atoms with E-state index >= 15 is 0 Å². The van der Waals surface area contributed by atoms with Crippen LogP contribution in [0.25, 0.3) is 0 Å². The van der Waals surface area contributed by atoms with Crippen molar-refractivity contribution in [2.24, 2.45) is 5.41 Å². The molecule has 0 amide bonds. The molecule has 0 aromatic heterocycles. The second-order valence-corrected chi connectivity index (χ2v) is 5.11. The number of nitrogens with one attached hydrogen (secondary N) is 2. The van der Waals surface area contributed by atoms with Gasteiger partial charge in [-0.3, -0.25) is 10.8 Å². The molecule has 4 heteroatoms. The zero-order valence-electron chi connectivity index (χ0n) is 12.1. The fraction of sp³-hybridized carbons (Fsp3) is 0.176. The lowest BCUT2D eigenvalue weighted by Crippen LogP contribution is -2.38. The van der Waals surface area contributed by atoms with Crippen LogP contribution in [-0.4, -0.2) is 11.8 Å². The van der Waals surface area contributed by atoms with Crippen molar-refractivity contribution in [2.45, 2.75) is 13.8 Å². The van der Waals surface area contributed by atoms with Gasteiger partial charge in [0, 0.05) is 0 Å². The van der Waals surface area contributed by atoms with E-state index < -0.39 is 5.41 Å². The van der Waals surface area contributed by atoms with Crippen LogP contribution in [0, 0.1) is 16.2 Å². The van der Waals surface area contributed by atoms with Gasteiger partial charge in [0.15, 0.2) is 0 Å². The molecule has 0 radical (unpaired) electrons. The van der Waals surface area contributed by atoms with E-state index in [1.807, 2.05) is 36.4 Å². The normalized spacial score (nSPS) is 10.8. The number of ether oxygens (including phenoxy) is 2. The van der Waals surface area contributed by atoms with Gasteiger partial charge in [0.2, 0.25) is 11.8 Å². The summed E-state index contributed by atoms with van der Waals surface area (Å²) in [6, 6.07) is 18.2. The van der Waals surface area contributed by atoms with Crippen molar-refractivity contribution in [1.82, 2.24) is 0 Å². The Bertz CT molecular complexity index is 566. The van der Waals surface area contributed by atoms with Crippen molar-refractivity contribution in [3.63, 3.8) is 0 Å². The summed E-state index contributed by atoms with van der Waals surface area (Å²) in [5.74, 6) is 1.08. The fourth-order valence-corrected chi connectivity index (χ4v) is 1.57.